The number of nitrogens with zero attached hydrogens (tertiary/aromatic N) is 1. The Bertz CT molecular complexity index is 838. The van der Waals surface area contributed by atoms with Crippen molar-refractivity contribution in [2.24, 2.45) is 0 Å². The van der Waals surface area contributed by atoms with E-state index in [1.165, 1.54) is 16.2 Å². The SMILES string of the molecule is Cc1ccc(NC(=O)c2csc(-c3ccc(C)s3)n2)c(Cl)c1. The molecule has 0 aliphatic carbocycles. The molecule has 0 saturated heterocycles. The van der Waals surface area contributed by atoms with Gasteiger partial charge in [-0.3, -0.25) is 4.79 Å². The van der Waals surface area contributed by atoms with Gasteiger partial charge < -0.3 is 5.32 Å². The first-order valence-electron chi connectivity index (χ1n) is 6.63. The van der Waals surface area contributed by atoms with Gasteiger partial charge in [0.15, 0.2) is 0 Å². The van der Waals surface area contributed by atoms with Crippen molar-refractivity contribution in [1.29, 1.82) is 0 Å². The monoisotopic (exact) mass is 348 g/mol. The second kappa shape index (κ2) is 6.20. The van der Waals surface area contributed by atoms with E-state index in [0.717, 1.165) is 15.4 Å². The third-order valence-corrected chi connectivity index (χ3v) is 5.39. The number of hydrogen-bond acceptors (Lipinski definition) is 4. The summed E-state index contributed by atoms with van der Waals surface area (Å²) >= 11 is 9.27. The molecule has 1 amide bonds. The van der Waals surface area contributed by atoms with Gasteiger partial charge in [-0.15, -0.1) is 22.7 Å². The van der Waals surface area contributed by atoms with Crippen LogP contribution in [0.25, 0.3) is 9.88 Å². The number of carbonyl (C=O) groups is 1. The molecule has 0 saturated carbocycles. The Morgan fingerprint density at radius 1 is 1.23 bits per heavy atom. The molecule has 1 aromatic carbocycles. The lowest BCUT2D eigenvalue weighted by atomic mass is 10.2. The molecule has 0 radical (unpaired) electrons. The van der Waals surface area contributed by atoms with E-state index in [4.69, 9.17) is 11.6 Å². The van der Waals surface area contributed by atoms with E-state index in [1.807, 2.05) is 31.2 Å². The molecule has 3 rings (SSSR count). The molecule has 3 aromatic rings. The zero-order valence-corrected chi connectivity index (χ0v) is 14.4. The summed E-state index contributed by atoms with van der Waals surface area (Å²) in [6.07, 6.45) is 0. The first kappa shape index (κ1) is 15.2. The Balaban J connectivity index is 1.79. The van der Waals surface area contributed by atoms with Crippen molar-refractivity contribution >= 4 is 45.9 Å². The van der Waals surface area contributed by atoms with Crippen molar-refractivity contribution < 1.29 is 4.79 Å². The van der Waals surface area contributed by atoms with E-state index >= 15 is 0 Å². The molecule has 2 heterocycles. The highest BCUT2D eigenvalue weighted by molar-refractivity contribution is 7.21. The van der Waals surface area contributed by atoms with Gasteiger partial charge in [-0.25, -0.2) is 4.98 Å². The zero-order chi connectivity index (χ0) is 15.7. The van der Waals surface area contributed by atoms with Crippen LogP contribution < -0.4 is 5.32 Å². The van der Waals surface area contributed by atoms with Crippen molar-refractivity contribution in [3.05, 3.63) is 56.9 Å². The Labute approximate surface area is 141 Å². The smallest absolute Gasteiger partial charge is 0.275 e. The van der Waals surface area contributed by atoms with Gasteiger partial charge in [-0.2, -0.15) is 0 Å². The molecule has 1 N–H and O–H groups in total. The highest BCUT2D eigenvalue weighted by Gasteiger charge is 2.14. The molecule has 22 heavy (non-hydrogen) atoms. The average Bonchev–Trinajstić information content (AvgIpc) is 3.10. The number of thiophene rings is 1. The number of aryl methyl sites for hydroxylation is 2. The van der Waals surface area contributed by atoms with E-state index in [-0.39, 0.29) is 5.91 Å². The van der Waals surface area contributed by atoms with E-state index in [0.29, 0.717) is 16.4 Å². The molecule has 0 unspecified atom stereocenters. The maximum Gasteiger partial charge on any atom is 0.275 e. The van der Waals surface area contributed by atoms with Crippen molar-refractivity contribution in [3.63, 3.8) is 0 Å². The second-order valence-corrected chi connectivity index (χ2v) is 7.44. The van der Waals surface area contributed by atoms with E-state index in [1.54, 1.807) is 22.8 Å². The Kier molecular flexibility index (Phi) is 4.29. The van der Waals surface area contributed by atoms with Crippen LogP contribution in [0.2, 0.25) is 5.02 Å². The molecule has 0 aliphatic rings. The Morgan fingerprint density at radius 2 is 2.05 bits per heavy atom. The summed E-state index contributed by atoms with van der Waals surface area (Å²) in [4.78, 5) is 19.0. The average molecular weight is 349 g/mol. The number of nitrogens with one attached hydrogen (secondary N) is 1. The van der Waals surface area contributed by atoms with Gasteiger partial charge in [-0.1, -0.05) is 17.7 Å². The normalized spacial score (nSPS) is 10.7. The van der Waals surface area contributed by atoms with Crippen molar-refractivity contribution in [2.75, 3.05) is 5.32 Å². The van der Waals surface area contributed by atoms with Crippen LogP contribution in [0.15, 0.2) is 35.7 Å². The van der Waals surface area contributed by atoms with E-state index in [9.17, 15) is 4.79 Å². The van der Waals surface area contributed by atoms with Crippen molar-refractivity contribution in [3.8, 4) is 9.88 Å². The zero-order valence-electron chi connectivity index (χ0n) is 12.0. The predicted octanol–water partition coefficient (Wildman–Crippen LogP) is 5.39. The van der Waals surface area contributed by atoms with Gasteiger partial charge in [0.25, 0.3) is 5.91 Å². The van der Waals surface area contributed by atoms with Crippen LogP contribution in [0.3, 0.4) is 0 Å². The summed E-state index contributed by atoms with van der Waals surface area (Å²) in [6, 6.07) is 9.59. The fourth-order valence-corrected chi connectivity index (χ4v) is 3.97. The summed E-state index contributed by atoms with van der Waals surface area (Å²) in [5, 5.41) is 5.95. The lowest BCUT2D eigenvalue weighted by Gasteiger charge is -2.06. The quantitative estimate of drug-likeness (QED) is 0.689. The minimum Gasteiger partial charge on any atom is -0.319 e. The fraction of sp³-hybridized carbons (Fsp3) is 0.125. The molecule has 112 valence electrons. The number of aromatic nitrogens is 1. The molecule has 3 nitrogen and oxygen atoms in total. The van der Waals surface area contributed by atoms with Crippen LogP contribution in [0, 0.1) is 13.8 Å². The van der Waals surface area contributed by atoms with Crippen LogP contribution in [0.5, 0.6) is 0 Å². The maximum absolute atomic E-state index is 12.3. The first-order valence-corrected chi connectivity index (χ1v) is 8.70. The van der Waals surface area contributed by atoms with Crippen molar-refractivity contribution in [2.45, 2.75) is 13.8 Å². The van der Waals surface area contributed by atoms with Crippen LogP contribution in [-0.4, -0.2) is 10.9 Å². The highest BCUT2D eigenvalue weighted by atomic mass is 35.5. The third kappa shape index (κ3) is 3.21. The molecule has 0 fully saturated rings. The minimum absolute atomic E-state index is 0.249. The van der Waals surface area contributed by atoms with Gasteiger partial charge >= 0.3 is 0 Å². The van der Waals surface area contributed by atoms with Gasteiger partial charge in [0.05, 0.1) is 15.6 Å². The van der Waals surface area contributed by atoms with Crippen LogP contribution in [0.4, 0.5) is 5.69 Å². The topological polar surface area (TPSA) is 42.0 Å². The summed E-state index contributed by atoms with van der Waals surface area (Å²) in [5.74, 6) is -0.249. The molecular weight excluding hydrogens is 336 g/mol. The Hall–Kier alpha value is -1.69. The second-order valence-electron chi connectivity index (χ2n) is 4.89. The number of amides is 1. The van der Waals surface area contributed by atoms with Gasteiger partial charge in [0.2, 0.25) is 0 Å². The van der Waals surface area contributed by atoms with Gasteiger partial charge in [-0.05, 0) is 43.7 Å². The largest absolute Gasteiger partial charge is 0.319 e. The molecule has 0 spiro atoms. The number of rotatable bonds is 3. The van der Waals surface area contributed by atoms with Crippen LogP contribution >= 0.6 is 34.3 Å². The first-order chi connectivity index (χ1) is 10.5. The standard InChI is InChI=1S/C16H13ClN2OS2/c1-9-3-5-12(11(17)7-9)18-15(20)13-8-21-16(19-13)14-6-4-10(2)22-14/h3-8H,1-2H3,(H,18,20). The molecule has 0 bridgehead atoms. The lowest BCUT2D eigenvalue weighted by Crippen LogP contribution is -2.12. The summed E-state index contributed by atoms with van der Waals surface area (Å²) < 4.78 is 0. The highest BCUT2D eigenvalue weighted by Crippen LogP contribution is 2.30. The summed E-state index contributed by atoms with van der Waals surface area (Å²) in [6.45, 7) is 4.00. The van der Waals surface area contributed by atoms with Crippen LogP contribution in [0.1, 0.15) is 20.9 Å². The Morgan fingerprint density at radius 3 is 2.73 bits per heavy atom. The molecule has 0 atom stereocenters. The summed E-state index contributed by atoms with van der Waals surface area (Å²) in [5.41, 5.74) is 2.05. The minimum atomic E-state index is -0.249. The van der Waals surface area contributed by atoms with Crippen LogP contribution in [-0.2, 0) is 0 Å². The molecule has 0 aliphatic heterocycles. The maximum atomic E-state index is 12.3. The fourth-order valence-electron chi connectivity index (χ4n) is 1.95. The van der Waals surface area contributed by atoms with Gasteiger partial charge in [0, 0.05) is 10.3 Å². The molecule has 2 aromatic heterocycles. The number of benzene rings is 1. The molecule has 6 heteroatoms. The van der Waals surface area contributed by atoms with Crippen molar-refractivity contribution in [1.82, 2.24) is 4.98 Å². The summed E-state index contributed by atoms with van der Waals surface area (Å²) in [7, 11) is 0. The number of halogens is 1. The number of anilines is 1. The molecular formula is C16H13ClN2OS2. The predicted molar refractivity (Wildman–Crippen MR) is 94.3 cm³/mol. The third-order valence-electron chi connectivity index (χ3n) is 3.06. The number of carbonyl (C=O) groups excluding carboxylic acids is 1. The van der Waals surface area contributed by atoms with E-state index in [2.05, 4.69) is 17.2 Å². The van der Waals surface area contributed by atoms with Gasteiger partial charge in [0.1, 0.15) is 10.7 Å². The lowest BCUT2D eigenvalue weighted by molar-refractivity contribution is 0.102. The number of hydrogen-bond donors (Lipinski definition) is 1. The number of thiazole rings is 1. The van der Waals surface area contributed by atoms with E-state index < -0.39 is 0 Å².